The second kappa shape index (κ2) is 12.1. The molecule has 0 saturated carbocycles. The Hall–Kier alpha value is -4.32. The Balaban J connectivity index is 1.10. The standard InChI is InChI=1S/C31H29BN2O3/c1-23-29(34-31(36-23)25-11-4-2-5-12-25)18-19-35-30-17-9-13-26(33-30)22-32-21-24-10-8-16-28(20-24)37-27-14-6-3-7-15-27/h2-17,20,32H,18-19,21-22H2,1H3. The summed E-state index contributed by atoms with van der Waals surface area (Å²) in [5, 5.41) is 0. The SMILES string of the molecule is Cc1oc(-c2ccccc2)nc1CCOc1cccc(CBCc2cccc(Oc3ccccc3)c2)n1. The minimum Gasteiger partial charge on any atom is -0.477 e. The number of pyridine rings is 1. The van der Waals surface area contributed by atoms with Crippen LogP contribution in [0.3, 0.4) is 0 Å². The van der Waals surface area contributed by atoms with Crippen LogP contribution in [0.2, 0.25) is 0 Å². The molecular weight excluding hydrogens is 459 g/mol. The summed E-state index contributed by atoms with van der Waals surface area (Å²) in [5.41, 5.74) is 4.16. The first-order valence-corrected chi connectivity index (χ1v) is 12.7. The predicted octanol–water partition coefficient (Wildman–Crippen LogP) is 6.60. The molecule has 0 radical (unpaired) electrons. The number of benzene rings is 3. The van der Waals surface area contributed by atoms with Gasteiger partial charge in [0.25, 0.3) is 0 Å². The number of oxazole rings is 1. The van der Waals surface area contributed by atoms with E-state index in [-0.39, 0.29) is 0 Å². The third-order valence-electron chi connectivity index (χ3n) is 6.06. The van der Waals surface area contributed by atoms with Crippen LogP contribution in [-0.2, 0) is 19.1 Å². The summed E-state index contributed by atoms with van der Waals surface area (Å²) in [5.74, 6) is 3.81. The Labute approximate surface area is 218 Å². The average molecular weight is 488 g/mol. The number of ether oxygens (including phenoxy) is 2. The molecule has 0 spiro atoms. The molecule has 0 aliphatic carbocycles. The van der Waals surface area contributed by atoms with Crippen molar-refractivity contribution in [1.29, 1.82) is 0 Å². The van der Waals surface area contributed by atoms with E-state index in [2.05, 4.69) is 23.2 Å². The van der Waals surface area contributed by atoms with Gasteiger partial charge in [-0.05, 0) is 55.7 Å². The predicted molar refractivity (Wildman–Crippen MR) is 148 cm³/mol. The van der Waals surface area contributed by atoms with Crippen LogP contribution >= 0.6 is 0 Å². The number of aromatic nitrogens is 2. The molecule has 2 heterocycles. The van der Waals surface area contributed by atoms with Crippen LogP contribution in [0.4, 0.5) is 0 Å². The summed E-state index contributed by atoms with van der Waals surface area (Å²) >= 11 is 0. The molecule has 0 amide bonds. The monoisotopic (exact) mass is 488 g/mol. The summed E-state index contributed by atoms with van der Waals surface area (Å²) in [7, 11) is 0.992. The first-order chi connectivity index (χ1) is 18.2. The van der Waals surface area contributed by atoms with Crippen molar-refractivity contribution in [3.63, 3.8) is 0 Å². The number of aryl methyl sites for hydroxylation is 1. The van der Waals surface area contributed by atoms with Gasteiger partial charge in [0.1, 0.15) is 24.5 Å². The van der Waals surface area contributed by atoms with Crippen LogP contribution < -0.4 is 9.47 Å². The van der Waals surface area contributed by atoms with Crippen molar-refractivity contribution in [2.24, 2.45) is 0 Å². The minimum atomic E-state index is 0.492. The molecule has 0 saturated heterocycles. The lowest BCUT2D eigenvalue weighted by molar-refractivity contribution is 0.307. The van der Waals surface area contributed by atoms with Gasteiger partial charge in [-0.2, -0.15) is 0 Å². The lowest BCUT2D eigenvalue weighted by Gasteiger charge is -2.08. The molecule has 0 unspecified atom stereocenters. The van der Waals surface area contributed by atoms with Crippen molar-refractivity contribution in [3.05, 3.63) is 126 Å². The molecule has 0 N–H and O–H groups in total. The Morgan fingerprint density at radius 2 is 1.51 bits per heavy atom. The van der Waals surface area contributed by atoms with E-state index >= 15 is 0 Å². The summed E-state index contributed by atoms with van der Waals surface area (Å²) in [6.07, 6.45) is 2.49. The van der Waals surface area contributed by atoms with Gasteiger partial charge in [0.2, 0.25) is 11.8 Å². The van der Waals surface area contributed by atoms with Crippen molar-refractivity contribution in [2.45, 2.75) is 26.0 Å². The van der Waals surface area contributed by atoms with Crippen LogP contribution in [-0.4, -0.2) is 23.9 Å². The van der Waals surface area contributed by atoms with E-state index in [0.29, 0.717) is 24.8 Å². The van der Waals surface area contributed by atoms with Gasteiger partial charge in [-0.1, -0.05) is 66.5 Å². The van der Waals surface area contributed by atoms with E-state index in [9.17, 15) is 0 Å². The lowest BCUT2D eigenvalue weighted by Crippen LogP contribution is -2.07. The molecule has 0 fully saturated rings. The van der Waals surface area contributed by atoms with Crippen molar-refractivity contribution in [1.82, 2.24) is 9.97 Å². The van der Waals surface area contributed by atoms with Crippen LogP contribution in [0, 0.1) is 6.92 Å². The highest BCUT2D eigenvalue weighted by Crippen LogP contribution is 2.23. The van der Waals surface area contributed by atoms with Gasteiger partial charge in [-0.15, -0.1) is 0 Å². The first kappa shape index (κ1) is 24.4. The molecule has 5 aromatic rings. The zero-order valence-electron chi connectivity index (χ0n) is 21.0. The van der Waals surface area contributed by atoms with Gasteiger partial charge in [0, 0.05) is 23.7 Å². The maximum absolute atomic E-state index is 5.96. The molecule has 184 valence electrons. The zero-order valence-corrected chi connectivity index (χ0v) is 21.0. The lowest BCUT2D eigenvalue weighted by atomic mass is 9.68. The number of nitrogens with zero attached hydrogens (tertiary/aromatic N) is 2. The Morgan fingerprint density at radius 3 is 2.35 bits per heavy atom. The van der Waals surface area contributed by atoms with E-state index in [4.69, 9.17) is 18.9 Å². The molecule has 5 rings (SSSR count). The van der Waals surface area contributed by atoms with Gasteiger partial charge in [-0.3, -0.25) is 0 Å². The fraction of sp³-hybridized carbons (Fsp3) is 0.161. The van der Waals surface area contributed by atoms with Gasteiger partial charge < -0.3 is 13.9 Å². The van der Waals surface area contributed by atoms with Gasteiger partial charge in [-0.25, -0.2) is 9.97 Å². The number of hydrogen-bond donors (Lipinski definition) is 0. The number of rotatable bonds is 11. The summed E-state index contributed by atoms with van der Waals surface area (Å²) in [6, 6.07) is 34.0. The highest BCUT2D eigenvalue weighted by Gasteiger charge is 2.11. The summed E-state index contributed by atoms with van der Waals surface area (Å²) in [4.78, 5) is 9.34. The largest absolute Gasteiger partial charge is 0.477 e. The fourth-order valence-electron chi connectivity index (χ4n) is 4.16. The first-order valence-electron chi connectivity index (χ1n) is 12.7. The molecule has 0 bridgehead atoms. The highest BCUT2D eigenvalue weighted by atomic mass is 16.5. The Morgan fingerprint density at radius 1 is 0.757 bits per heavy atom. The molecule has 0 aliphatic rings. The minimum absolute atomic E-state index is 0.492. The highest BCUT2D eigenvalue weighted by molar-refractivity contribution is 6.34. The Bertz CT molecular complexity index is 1420. The van der Waals surface area contributed by atoms with Crippen LogP contribution in [0.5, 0.6) is 17.4 Å². The molecule has 2 aromatic heterocycles. The number of para-hydroxylation sites is 1. The van der Waals surface area contributed by atoms with E-state index in [0.717, 1.165) is 54.1 Å². The van der Waals surface area contributed by atoms with Crippen LogP contribution in [0.1, 0.15) is 22.7 Å². The van der Waals surface area contributed by atoms with Crippen LogP contribution in [0.25, 0.3) is 11.5 Å². The average Bonchev–Trinajstić information content (AvgIpc) is 3.30. The normalized spacial score (nSPS) is 10.7. The smallest absolute Gasteiger partial charge is 0.226 e. The second-order valence-corrected chi connectivity index (χ2v) is 8.87. The van der Waals surface area contributed by atoms with E-state index in [1.165, 1.54) is 5.56 Å². The summed E-state index contributed by atoms with van der Waals surface area (Å²) < 4.78 is 17.8. The Kier molecular flexibility index (Phi) is 7.96. The van der Waals surface area contributed by atoms with Gasteiger partial charge in [0.15, 0.2) is 0 Å². The third kappa shape index (κ3) is 6.88. The van der Waals surface area contributed by atoms with E-state index < -0.39 is 0 Å². The third-order valence-corrected chi connectivity index (χ3v) is 6.06. The fourth-order valence-corrected chi connectivity index (χ4v) is 4.16. The van der Waals surface area contributed by atoms with Gasteiger partial charge >= 0.3 is 0 Å². The van der Waals surface area contributed by atoms with Crippen molar-refractivity contribution in [3.8, 4) is 28.8 Å². The topological polar surface area (TPSA) is 57.4 Å². The molecule has 0 atom stereocenters. The molecule has 6 heteroatoms. The number of hydrogen-bond acceptors (Lipinski definition) is 5. The second-order valence-electron chi connectivity index (χ2n) is 8.87. The van der Waals surface area contributed by atoms with Crippen molar-refractivity contribution >= 4 is 7.28 Å². The molecule has 5 nitrogen and oxygen atoms in total. The van der Waals surface area contributed by atoms with Crippen LogP contribution in [0.15, 0.2) is 108 Å². The van der Waals surface area contributed by atoms with Crippen molar-refractivity contribution in [2.75, 3.05) is 6.61 Å². The maximum atomic E-state index is 5.96. The molecule has 0 aliphatic heterocycles. The quantitative estimate of drug-likeness (QED) is 0.196. The molecule has 3 aromatic carbocycles. The summed E-state index contributed by atoms with van der Waals surface area (Å²) in [6.45, 7) is 2.43. The van der Waals surface area contributed by atoms with Gasteiger partial charge in [0.05, 0.1) is 12.3 Å². The van der Waals surface area contributed by atoms with E-state index in [1.54, 1.807) is 0 Å². The van der Waals surface area contributed by atoms with Crippen molar-refractivity contribution < 1.29 is 13.9 Å². The molecule has 37 heavy (non-hydrogen) atoms. The molecular formula is C31H29BN2O3. The maximum Gasteiger partial charge on any atom is 0.226 e. The van der Waals surface area contributed by atoms with E-state index in [1.807, 2.05) is 91.9 Å². The zero-order chi connectivity index (χ0) is 25.3.